The van der Waals surface area contributed by atoms with Crippen LogP contribution in [0.25, 0.3) is 0 Å². The van der Waals surface area contributed by atoms with Crippen LogP contribution in [0, 0.1) is 30.1 Å². The van der Waals surface area contributed by atoms with E-state index in [9.17, 15) is 14.4 Å². The molecular formula is C26H36N2O4. The van der Waals surface area contributed by atoms with Crippen LogP contribution in [-0.4, -0.2) is 37.5 Å². The van der Waals surface area contributed by atoms with Crippen molar-refractivity contribution in [2.75, 3.05) is 18.6 Å². The lowest BCUT2D eigenvalue weighted by Crippen LogP contribution is -2.54. The van der Waals surface area contributed by atoms with E-state index in [1.807, 2.05) is 20.8 Å². The summed E-state index contributed by atoms with van der Waals surface area (Å²) in [7, 11) is 1.35. The van der Waals surface area contributed by atoms with Crippen LogP contribution in [0.2, 0.25) is 0 Å². The predicted molar refractivity (Wildman–Crippen MR) is 123 cm³/mol. The third-order valence-corrected chi connectivity index (χ3v) is 7.81. The van der Waals surface area contributed by atoms with Gasteiger partial charge in [-0.15, -0.1) is 0 Å². The van der Waals surface area contributed by atoms with Gasteiger partial charge >= 0.3 is 5.97 Å². The number of ether oxygens (including phenoxy) is 1. The van der Waals surface area contributed by atoms with Crippen LogP contribution in [0.1, 0.15) is 74.7 Å². The molecule has 0 aromatic heterocycles. The molecule has 0 atom stereocenters. The summed E-state index contributed by atoms with van der Waals surface area (Å²) in [6, 6.07) is 5.20. The van der Waals surface area contributed by atoms with Crippen LogP contribution < -0.4 is 10.2 Å². The van der Waals surface area contributed by atoms with Gasteiger partial charge in [0, 0.05) is 30.1 Å². The highest BCUT2D eigenvalue weighted by molar-refractivity contribution is 5.96. The molecule has 1 N–H and O–H groups in total. The van der Waals surface area contributed by atoms with E-state index in [2.05, 4.69) is 5.32 Å². The monoisotopic (exact) mass is 440 g/mol. The van der Waals surface area contributed by atoms with E-state index in [1.54, 1.807) is 23.1 Å². The predicted octanol–water partition coefficient (Wildman–Crippen LogP) is 4.25. The Labute approximate surface area is 191 Å². The van der Waals surface area contributed by atoms with Gasteiger partial charge in [-0.25, -0.2) is 4.79 Å². The first-order chi connectivity index (χ1) is 15.2. The third kappa shape index (κ3) is 4.28. The summed E-state index contributed by atoms with van der Waals surface area (Å²) in [5.74, 6) is 1.91. The van der Waals surface area contributed by atoms with Crippen molar-refractivity contribution in [2.45, 2.75) is 71.8 Å². The molecule has 0 heterocycles. The number of rotatable bonds is 7. The number of amides is 2. The van der Waals surface area contributed by atoms with E-state index in [4.69, 9.17) is 4.74 Å². The van der Waals surface area contributed by atoms with E-state index in [-0.39, 0.29) is 29.7 Å². The molecule has 5 rings (SSSR count). The Morgan fingerprint density at radius 1 is 1.09 bits per heavy atom. The van der Waals surface area contributed by atoms with E-state index in [0.29, 0.717) is 12.1 Å². The third-order valence-electron chi connectivity index (χ3n) is 7.81. The molecule has 0 saturated heterocycles. The molecule has 0 radical (unpaired) electrons. The fourth-order valence-corrected chi connectivity index (χ4v) is 6.85. The summed E-state index contributed by atoms with van der Waals surface area (Å²) in [6.07, 6.45) is 7.27. The minimum Gasteiger partial charge on any atom is -0.465 e. The van der Waals surface area contributed by atoms with Gasteiger partial charge in [0.15, 0.2) is 0 Å². The Morgan fingerprint density at radius 3 is 2.19 bits per heavy atom. The number of anilines is 1. The molecule has 6 nitrogen and oxygen atoms in total. The SMILES string of the molecule is COC(=O)c1ccc(N(C(=O)CCNC(=O)C23CC4CC(CC(C4)C2)C3)C(C)C)c(C)c1. The summed E-state index contributed by atoms with van der Waals surface area (Å²) >= 11 is 0. The van der Waals surface area contributed by atoms with Crippen molar-refractivity contribution in [3.63, 3.8) is 0 Å². The van der Waals surface area contributed by atoms with Gasteiger partial charge in [-0.05, 0) is 101 Å². The lowest BCUT2D eigenvalue weighted by Gasteiger charge is -2.55. The second-order valence-electron chi connectivity index (χ2n) is 10.6. The molecule has 4 aliphatic rings. The normalized spacial score (nSPS) is 28.0. The maximum Gasteiger partial charge on any atom is 0.337 e. The standard InChI is InChI=1S/C26H36N2O4/c1-16(2)28(22-6-5-21(9-17(22)3)24(30)32-4)23(29)7-8-27-25(31)26-13-18-10-19(14-26)12-20(11-18)15-26/h5-6,9,16,18-20H,7-8,10-15H2,1-4H3,(H,27,31). The topological polar surface area (TPSA) is 75.7 Å². The molecule has 4 saturated carbocycles. The Kier molecular flexibility index (Phi) is 6.33. The molecule has 4 fully saturated rings. The van der Waals surface area contributed by atoms with Crippen LogP contribution in [0.15, 0.2) is 18.2 Å². The molecule has 0 unspecified atom stereocenters. The van der Waals surface area contributed by atoms with Crippen molar-refractivity contribution < 1.29 is 19.1 Å². The van der Waals surface area contributed by atoms with Gasteiger partial charge in [-0.3, -0.25) is 9.59 Å². The number of methoxy groups -OCH3 is 1. The van der Waals surface area contributed by atoms with Crippen LogP contribution in [0.4, 0.5) is 5.69 Å². The number of aryl methyl sites for hydroxylation is 1. The van der Waals surface area contributed by atoms with Gasteiger partial charge < -0.3 is 15.0 Å². The Morgan fingerprint density at radius 2 is 1.69 bits per heavy atom. The zero-order valence-electron chi connectivity index (χ0n) is 19.8. The zero-order chi connectivity index (χ0) is 23.0. The molecule has 174 valence electrons. The van der Waals surface area contributed by atoms with Gasteiger partial charge in [-0.2, -0.15) is 0 Å². The van der Waals surface area contributed by atoms with E-state index in [1.165, 1.54) is 26.4 Å². The maximum absolute atomic E-state index is 13.2. The van der Waals surface area contributed by atoms with E-state index >= 15 is 0 Å². The number of nitrogens with zero attached hydrogens (tertiary/aromatic N) is 1. The van der Waals surface area contributed by atoms with E-state index in [0.717, 1.165) is 48.3 Å². The lowest BCUT2D eigenvalue weighted by molar-refractivity contribution is -0.146. The van der Waals surface area contributed by atoms with Crippen LogP contribution in [0.3, 0.4) is 0 Å². The molecule has 4 bridgehead atoms. The smallest absolute Gasteiger partial charge is 0.337 e. The van der Waals surface area contributed by atoms with Gasteiger partial charge in [0.2, 0.25) is 11.8 Å². The van der Waals surface area contributed by atoms with Crippen molar-refractivity contribution in [1.82, 2.24) is 5.32 Å². The number of nitrogens with one attached hydrogen (secondary N) is 1. The van der Waals surface area contributed by atoms with Crippen molar-refractivity contribution in [1.29, 1.82) is 0 Å². The van der Waals surface area contributed by atoms with Crippen LogP contribution in [-0.2, 0) is 14.3 Å². The number of carbonyl (C=O) groups is 3. The molecule has 1 aromatic carbocycles. The first-order valence-corrected chi connectivity index (χ1v) is 12.0. The van der Waals surface area contributed by atoms with Crippen LogP contribution >= 0.6 is 0 Å². The fraction of sp³-hybridized carbons (Fsp3) is 0.654. The van der Waals surface area contributed by atoms with Gasteiger partial charge in [0.25, 0.3) is 0 Å². The van der Waals surface area contributed by atoms with Crippen molar-refractivity contribution in [2.24, 2.45) is 23.2 Å². The van der Waals surface area contributed by atoms with Crippen molar-refractivity contribution >= 4 is 23.5 Å². The number of carbonyl (C=O) groups excluding carboxylic acids is 3. The molecule has 0 spiro atoms. The summed E-state index contributed by atoms with van der Waals surface area (Å²) < 4.78 is 4.79. The summed E-state index contributed by atoms with van der Waals surface area (Å²) in [5, 5.41) is 3.11. The Balaban J connectivity index is 1.38. The summed E-state index contributed by atoms with van der Waals surface area (Å²) in [5.41, 5.74) is 1.90. The van der Waals surface area contributed by atoms with Crippen molar-refractivity contribution in [3.05, 3.63) is 29.3 Å². The molecular weight excluding hydrogens is 404 g/mol. The number of esters is 1. The Hall–Kier alpha value is -2.37. The summed E-state index contributed by atoms with van der Waals surface area (Å²) in [6.45, 7) is 6.19. The average Bonchev–Trinajstić information content (AvgIpc) is 2.73. The largest absolute Gasteiger partial charge is 0.465 e. The maximum atomic E-state index is 13.2. The number of hydrogen-bond acceptors (Lipinski definition) is 4. The van der Waals surface area contributed by atoms with Gasteiger partial charge in [0.05, 0.1) is 12.7 Å². The fourth-order valence-electron chi connectivity index (χ4n) is 6.85. The second-order valence-corrected chi connectivity index (χ2v) is 10.6. The highest BCUT2D eigenvalue weighted by Gasteiger charge is 2.54. The zero-order valence-corrected chi connectivity index (χ0v) is 19.8. The van der Waals surface area contributed by atoms with Crippen molar-refractivity contribution in [3.8, 4) is 0 Å². The molecule has 2 amide bonds. The summed E-state index contributed by atoms with van der Waals surface area (Å²) in [4.78, 5) is 39.8. The molecule has 6 heteroatoms. The van der Waals surface area contributed by atoms with Gasteiger partial charge in [0.1, 0.15) is 0 Å². The first-order valence-electron chi connectivity index (χ1n) is 12.0. The van der Waals surface area contributed by atoms with Crippen LogP contribution in [0.5, 0.6) is 0 Å². The highest BCUT2D eigenvalue weighted by atomic mass is 16.5. The average molecular weight is 441 g/mol. The minimum atomic E-state index is -0.394. The number of benzene rings is 1. The molecule has 0 aliphatic heterocycles. The van der Waals surface area contributed by atoms with E-state index < -0.39 is 5.97 Å². The molecule has 4 aliphatic carbocycles. The quantitative estimate of drug-likeness (QED) is 0.643. The Bertz CT molecular complexity index is 872. The molecule has 32 heavy (non-hydrogen) atoms. The minimum absolute atomic E-state index is 0.0280. The highest BCUT2D eigenvalue weighted by Crippen LogP contribution is 2.60. The number of hydrogen-bond donors (Lipinski definition) is 1. The van der Waals surface area contributed by atoms with Gasteiger partial charge in [-0.1, -0.05) is 0 Å². The first kappa shape index (κ1) is 22.8. The molecule has 1 aromatic rings. The lowest BCUT2D eigenvalue weighted by atomic mass is 9.49. The second kappa shape index (κ2) is 8.87.